The van der Waals surface area contributed by atoms with Crippen molar-refractivity contribution in [2.24, 2.45) is 0 Å². The van der Waals surface area contributed by atoms with Gasteiger partial charge in [0.15, 0.2) is 5.25 Å². The zero-order chi connectivity index (χ0) is 13.2. The highest BCUT2D eigenvalue weighted by molar-refractivity contribution is 7.90. The second-order valence-electron chi connectivity index (χ2n) is 4.69. The number of aliphatic hydroxyl groups is 1. The summed E-state index contributed by atoms with van der Waals surface area (Å²) in [7, 11) is 0.0699. The monoisotopic (exact) mass is 261 g/mol. The van der Waals surface area contributed by atoms with E-state index in [-0.39, 0.29) is 12.6 Å². The van der Waals surface area contributed by atoms with E-state index in [1.807, 2.05) is 19.0 Å². The second-order valence-corrected chi connectivity index (χ2v) is 6.90. The SMILES string of the molecule is CC(C#N)S(=O)(=O)N1CC(O)CC1CN(C)C. The molecular weight excluding hydrogens is 242 g/mol. The van der Waals surface area contributed by atoms with Gasteiger partial charge in [0.2, 0.25) is 10.0 Å². The van der Waals surface area contributed by atoms with Crippen molar-refractivity contribution in [3.63, 3.8) is 0 Å². The lowest BCUT2D eigenvalue weighted by atomic mass is 10.2. The van der Waals surface area contributed by atoms with E-state index in [1.165, 1.54) is 11.2 Å². The van der Waals surface area contributed by atoms with Crippen molar-refractivity contribution in [1.29, 1.82) is 5.26 Å². The van der Waals surface area contributed by atoms with Gasteiger partial charge in [0.05, 0.1) is 12.2 Å². The van der Waals surface area contributed by atoms with Crippen molar-refractivity contribution >= 4 is 10.0 Å². The Kier molecular flexibility index (Phi) is 4.49. The Bertz CT molecular complexity index is 402. The highest BCUT2D eigenvalue weighted by atomic mass is 32.2. The van der Waals surface area contributed by atoms with Crippen LogP contribution in [0, 0.1) is 11.3 Å². The number of hydrogen-bond donors (Lipinski definition) is 1. The molecule has 3 unspecified atom stereocenters. The summed E-state index contributed by atoms with van der Waals surface area (Å²) >= 11 is 0. The smallest absolute Gasteiger partial charge is 0.230 e. The first-order valence-corrected chi connectivity index (χ1v) is 7.02. The van der Waals surface area contributed by atoms with Crippen molar-refractivity contribution in [3.8, 4) is 6.07 Å². The Hall–Kier alpha value is -0.680. The van der Waals surface area contributed by atoms with Crippen molar-refractivity contribution in [3.05, 3.63) is 0 Å². The zero-order valence-electron chi connectivity index (χ0n) is 10.4. The standard InChI is InChI=1S/C10H19N3O3S/c1-8(5-11)17(15,16)13-7-10(14)4-9(13)6-12(2)3/h8-10,14H,4,6-7H2,1-3H3. The fourth-order valence-electron chi connectivity index (χ4n) is 2.03. The third-order valence-electron chi connectivity index (χ3n) is 2.87. The summed E-state index contributed by atoms with van der Waals surface area (Å²) in [5.74, 6) is 0. The molecule has 0 bridgehead atoms. The zero-order valence-corrected chi connectivity index (χ0v) is 11.2. The van der Waals surface area contributed by atoms with Crippen LogP contribution in [0.5, 0.6) is 0 Å². The second kappa shape index (κ2) is 5.31. The first-order chi connectivity index (χ1) is 7.78. The molecule has 1 saturated heterocycles. The van der Waals surface area contributed by atoms with Crippen LogP contribution in [-0.4, -0.2) is 67.3 Å². The Morgan fingerprint density at radius 2 is 2.18 bits per heavy atom. The molecule has 0 aromatic heterocycles. The van der Waals surface area contributed by atoms with E-state index in [1.54, 1.807) is 6.07 Å². The fourth-order valence-corrected chi connectivity index (χ4v) is 3.52. The molecule has 3 atom stereocenters. The van der Waals surface area contributed by atoms with Crippen LogP contribution in [-0.2, 0) is 10.0 Å². The summed E-state index contributed by atoms with van der Waals surface area (Å²) in [5.41, 5.74) is 0. The highest BCUT2D eigenvalue weighted by Gasteiger charge is 2.41. The maximum Gasteiger partial charge on any atom is 0.230 e. The Balaban J connectivity index is 2.91. The number of rotatable bonds is 4. The van der Waals surface area contributed by atoms with E-state index in [4.69, 9.17) is 5.26 Å². The number of nitriles is 1. The summed E-state index contributed by atoms with van der Waals surface area (Å²) in [6.07, 6.45) is -0.212. The Morgan fingerprint density at radius 3 is 2.65 bits per heavy atom. The molecule has 0 aliphatic carbocycles. The topological polar surface area (TPSA) is 84.6 Å². The fraction of sp³-hybridized carbons (Fsp3) is 0.900. The molecule has 1 rings (SSSR count). The summed E-state index contributed by atoms with van der Waals surface area (Å²) in [6, 6.07) is 1.50. The maximum absolute atomic E-state index is 12.1. The van der Waals surface area contributed by atoms with Crippen LogP contribution in [0.2, 0.25) is 0 Å². The molecule has 1 N–H and O–H groups in total. The van der Waals surface area contributed by atoms with Crippen LogP contribution in [0.25, 0.3) is 0 Å². The van der Waals surface area contributed by atoms with Gasteiger partial charge in [-0.3, -0.25) is 0 Å². The largest absolute Gasteiger partial charge is 0.392 e. The molecule has 0 saturated carbocycles. The number of hydrogen-bond acceptors (Lipinski definition) is 5. The van der Waals surface area contributed by atoms with E-state index < -0.39 is 21.4 Å². The number of nitrogens with zero attached hydrogens (tertiary/aromatic N) is 3. The molecule has 0 aromatic carbocycles. The van der Waals surface area contributed by atoms with Gasteiger partial charge in [0.25, 0.3) is 0 Å². The molecule has 0 aromatic rings. The summed E-state index contributed by atoms with van der Waals surface area (Å²) in [6.45, 7) is 2.01. The predicted octanol–water partition coefficient (Wildman–Crippen LogP) is -0.775. The molecule has 0 spiro atoms. The summed E-state index contributed by atoms with van der Waals surface area (Å²) < 4.78 is 25.4. The molecular formula is C10H19N3O3S. The number of likely N-dealkylation sites (N-methyl/N-ethyl adjacent to an activating group) is 1. The first-order valence-electron chi connectivity index (χ1n) is 5.52. The number of sulfonamides is 1. The Morgan fingerprint density at radius 1 is 1.59 bits per heavy atom. The molecule has 17 heavy (non-hydrogen) atoms. The van der Waals surface area contributed by atoms with Crippen molar-refractivity contribution in [1.82, 2.24) is 9.21 Å². The molecule has 7 heteroatoms. The molecule has 1 aliphatic rings. The average Bonchev–Trinajstić information content (AvgIpc) is 2.57. The van der Waals surface area contributed by atoms with E-state index in [2.05, 4.69) is 0 Å². The van der Waals surface area contributed by atoms with Gasteiger partial charge >= 0.3 is 0 Å². The minimum absolute atomic E-state index is 0.0901. The molecule has 0 radical (unpaired) electrons. The number of aliphatic hydroxyl groups excluding tert-OH is 1. The van der Waals surface area contributed by atoms with E-state index >= 15 is 0 Å². The van der Waals surface area contributed by atoms with Gasteiger partial charge < -0.3 is 10.0 Å². The van der Waals surface area contributed by atoms with Crippen molar-refractivity contribution < 1.29 is 13.5 Å². The van der Waals surface area contributed by atoms with Gasteiger partial charge in [0.1, 0.15) is 0 Å². The van der Waals surface area contributed by atoms with Crippen LogP contribution in [0.3, 0.4) is 0 Å². The van der Waals surface area contributed by atoms with Crippen LogP contribution in [0.4, 0.5) is 0 Å². The third-order valence-corrected chi connectivity index (χ3v) is 4.97. The van der Waals surface area contributed by atoms with Crippen LogP contribution in [0.15, 0.2) is 0 Å². The summed E-state index contributed by atoms with van der Waals surface area (Å²) in [5, 5.41) is 17.3. The minimum Gasteiger partial charge on any atom is -0.392 e. The Labute approximate surface area is 102 Å². The summed E-state index contributed by atoms with van der Waals surface area (Å²) in [4.78, 5) is 1.88. The minimum atomic E-state index is -3.63. The van der Waals surface area contributed by atoms with Gasteiger partial charge in [-0.25, -0.2) is 8.42 Å². The van der Waals surface area contributed by atoms with E-state index in [9.17, 15) is 13.5 Å². The normalized spacial score (nSPS) is 28.2. The molecule has 98 valence electrons. The number of β-amino-alcohol motifs (C(OH)–C–C–N with tert-alkyl or cyclic N) is 1. The van der Waals surface area contributed by atoms with Gasteiger partial charge in [-0.1, -0.05) is 0 Å². The first kappa shape index (κ1) is 14.4. The highest BCUT2D eigenvalue weighted by Crippen LogP contribution is 2.24. The van der Waals surface area contributed by atoms with Gasteiger partial charge in [0, 0.05) is 19.1 Å². The third kappa shape index (κ3) is 3.16. The van der Waals surface area contributed by atoms with E-state index in [0.717, 1.165) is 0 Å². The van der Waals surface area contributed by atoms with Crippen molar-refractivity contribution in [2.45, 2.75) is 30.7 Å². The van der Waals surface area contributed by atoms with Crippen LogP contribution in [0.1, 0.15) is 13.3 Å². The average molecular weight is 261 g/mol. The van der Waals surface area contributed by atoms with Crippen molar-refractivity contribution in [2.75, 3.05) is 27.2 Å². The maximum atomic E-state index is 12.1. The lowest BCUT2D eigenvalue weighted by Crippen LogP contribution is -2.44. The van der Waals surface area contributed by atoms with E-state index in [0.29, 0.717) is 13.0 Å². The quantitative estimate of drug-likeness (QED) is 0.718. The molecule has 1 heterocycles. The van der Waals surface area contributed by atoms with Gasteiger partial charge in [-0.05, 0) is 27.4 Å². The lowest BCUT2D eigenvalue weighted by Gasteiger charge is -2.26. The molecule has 1 aliphatic heterocycles. The van der Waals surface area contributed by atoms with Gasteiger partial charge in [-0.2, -0.15) is 9.57 Å². The van der Waals surface area contributed by atoms with Crippen LogP contribution >= 0.6 is 0 Å². The van der Waals surface area contributed by atoms with Gasteiger partial charge in [-0.15, -0.1) is 0 Å². The predicted molar refractivity (Wildman–Crippen MR) is 63.7 cm³/mol. The lowest BCUT2D eigenvalue weighted by molar-refractivity contribution is 0.188. The molecule has 0 amide bonds. The molecule has 1 fully saturated rings. The molecule has 6 nitrogen and oxygen atoms in total. The van der Waals surface area contributed by atoms with Crippen LogP contribution < -0.4 is 0 Å².